The van der Waals surface area contributed by atoms with Crippen LogP contribution in [0.2, 0.25) is 0 Å². The summed E-state index contributed by atoms with van der Waals surface area (Å²) in [4.78, 5) is 31.8. The number of carbonyl (C=O) groups excluding carboxylic acids is 2. The van der Waals surface area contributed by atoms with Gasteiger partial charge in [0, 0.05) is 12.2 Å². The van der Waals surface area contributed by atoms with Crippen molar-refractivity contribution in [3.05, 3.63) is 41.1 Å². The zero-order chi connectivity index (χ0) is 20.3. The molecule has 0 bridgehead atoms. The largest absolute Gasteiger partial charge is 0.494 e. The molecule has 1 saturated heterocycles. The zero-order valence-electron chi connectivity index (χ0n) is 16.7. The van der Waals surface area contributed by atoms with Crippen LogP contribution in [0.5, 0.6) is 5.75 Å². The van der Waals surface area contributed by atoms with Crippen LogP contribution in [0.15, 0.2) is 40.5 Å². The van der Waals surface area contributed by atoms with Gasteiger partial charge in [-0.15, -0.1) is 0 Å². The minimum Gasteiger partial charge on any atom is -0.494 e. The molecular formula is C21H26N2O4S. The third-order valence-electron chi connectivity index (χ3n) is 4.44. The first kappa shape index (κ1) is 20.5. The molecule has 0 N–H and O–H groups in total. The minimum atomic E-state index is -0.542. The summed E-state index contributed by atoms with van der Waals surface area (Å²) in [5.41, 5.74) is 1.84. The molecular weight excluding hydrogens is 376 g/mol. The molecule has 1 amide bonds. The number of thioether (sulfide) groups is 1. The Bertz CT molecular complexity index is 814. The molecule has 0 aliphatic carbocycles. The number of amides is 1. The first-order chi connectivity index (χ1) is 13.4. The van der Waals surface area contributed by atoms with Gasteiger partial charge in [0.15, 0.2) is 5.17 Å². The van der Waals surface area contributed by atoms with E-state index in [-0.39, 0.29) is 12.0 Å². The second-order valence-electron chi connectivity index (χ2n) is 7.03. The van der Waals surface area contributed by atoms with Gasteiger partial charge in [-0.05, 0) is 44.9 Å². The van der Waals surface area contributed by atoms with Gasteiger partial charge in [-0.2, -0.15) is 0 Å². The third-order valence-corrected chi connectivity index (χ3v) is 5.39. The van der Waals surface area contributed by atoms with Crippen molar-refractivity contribution in [2.75, 3.05) is 12.4 Å². The molecule has 1 aromatic rings. The molecule has 2 aliphatic heterocycles. The number of hydrogen-bond acceptors (Lipinski definition) is 6. The fourth-order valence-corrected chi connectivity index (χ4v) is 4.22. The Morgan fingerprint density at radius 3 is 2.68 bits per heavy atom. The predicted molar refractivity (Wildman–Crippen MR) is 110 cm³/mol. The maximum atomic E-state index is 12.9. The summed E-state index contributed by atoms with van der Waals surface area (Å²) in [6.07, 6.45) is 1.09. The lowest BCUT2D eigenvalue weighted by Gasteiger charge is -2.39. The molecule has 0 radical (unpaired) electrons. The number of amidine groups is 1. The van der Waals surface area contributed by atoms with E-state index in [4.69, 9.17) is 9.47 Å². The van der Waals surface area contributed by atoms with Crippen molar-refractivity contribution in [2.45, 2.75) is 52.7 Å². The normalized spacial score (nSPS) is 19.5. The fourth-order valence-electron chi connectivity index (χ4n) is 3.22. The summed E-state index contributed by atoms with van der Waals surface area (Å²) in [7, 11) is 0. The topological polar surface area (TPSA) is 68.2 Å². The van der Waals surface area contributed by atoms with Crippen LogP contribution in [0.25, 0.3) is 0 Å². The summed E-state index contributed by atoms with van der Waals surface area (Å²) in [5.74, 6) is 0.997. The van der Waals surface area contributed by atoms with Crippen LogP contribution in [0.1, 0.15) is 52.1 Å². The molecule has 6 nitrogen and oxygen atoms in total. The summed E-state index contributed by atoms with van der Waals surface area (Å²) in [6.45, 7) is 8.11. The van der Waals surface area contributed by atoms with Crippen LogP contribution >= 0.6 is 11.8 Å². The van der Waals surface area contributed by atoms with Crippen LogP contribution in [0, 0.1) is 0 Å². The maximum absolute atomic E-state index is 12.9. The Kier molecular flexibility index (Phi) is 6.44. The van der Waals surface area contributed by atoms with Crippen molar-refractivity contribution in [1.82, 2.24) is 4.90 Å². The second kappa shape index (κ2) is 8.82. The van der Waals surface area contributed by atoms with Gasteiger partial charge in [0.25, 0.3) is 0 Å². The molecule has 1 aromatic carbocycles. The standard InChI is InChI=1S/C21H26N2O4S/c1-5-11-26-16-8-6-15(7-9-16)19-18(20(25)27-13(2)3)14(4)22-21-23(19)17(24)10-12-28-21/h6-9,13,19H,5,10-12H2,1-4H3/t19-/m0/s1. The van der Waals surface area contributed by atoms with Gasteiger partial charge in [-0.3, -0.25) is 9.69 Å². The van der Waals surface area contributed by atoms with E-state index in [2.05, 4.69) is 11.9 Å². The quantitative estimate of drug-likeness (QED) is 0.671. The van der Waals surface area contributed by atoms with Gasteiger partial charge in [-0.25, -0.2) is 9.79 Å². The van der Waals surface area contributed by atoms with E-state index in [1.807, 2.05) is 38.1 Å². The lowest BCUT2D eigenvalue weighted by Crippen LogP contribution is -2.46. The van der Waals surface area contributed by atoms with Crippen LogP contribution in [-0.2, 0) is 14.3 Å². The van der Waals surface area contributed by atoms with Crippen molar-refractivity contribution >= 4 is 28.8 Å². The van der Waals surface area contributed by atoms with Crippen LogP contribution in [0.3, 0.4) is 0 Å². The molecule has 3 rings (SSSR count). The number of allylic oxidation sites excluding steroid dienone is 1. The van der Waals surface area contributed by atoms with Crippen LogP contribution in [0.4, 0.5) is 0 Å². The van der Waals surface area contributed by atoms with E-state index >= 15 is 0 Å². The summed E-state index contributed by atoms with van der Waals surface area (Å²) in [5, 5.41) is 0.645. The van der Waals surface area contributed by atoms with E-state index in [9.17, 15) is 9.59 Å². The predicted octanol–water partition coefficient (Wildman–Crippen LogP) is 4.08. The number of rotatable bonds is 6. The average Bonchev–Trinajstić information content (AvgIpc) is 2.65. The molecule has 7 heteroatoms. The molecule has 0 saturated carbocycles. The summed E-state index contributed by atoms with van der Waals surface area (Å²) < 4.78 is 11.1. The van der Waals surface area contributed by atoms with Gasteiger partial charge in [-0.1, -0.05) is 30.8 Å². The highest BCUT2D eigenvalue weighted by Crippen LogP contribution is 2.40. The third kappa shape index (κ3) is 4.24. The molecule has 0 spiro atoms. The van der Waals surface area contributed by atoms with Crippen LogP contribution < -0.4 is 4.74 Å². The summed E-state index contributed by atoms with van der Waals surface area (Å²) in [6, 6.07) is 7.01. The maximum Gasteiger partial charge on any atom is 0.338 e. The highest BCUT2D eigenvalue weighted by Gasteiger charge is 2.41. The molecule has 0 aromatic heterocycles. The molecule has 1 fully saturated rings. The van der Waals surface area contributed by atoms with Crippen molar-refractivity contribution in [2.24, 2.45) is 4.99 Å². The minimum absolute atomic E-state index is 0.0313. The Balaban J connectivity index is 2.03. The number of hydrogen-bond donors (Lipinski definition) is 0. The van der Waals surface area contributed by atoms with Gasteiger partial charge in [0.1, 0.15) is 5.75 Å². The Morgan fingerprint density at radius 2 is 2.04 bits per heavy atom. The Hall–Kier alpha value is -2.28. The zero-order valence-corrected chi connectivity index (χ0v) is 17.5. The Morgan fingerprint density at radius 1 is 1.32 bits per heavy atom. The molecule has 2 heterocycles. The summed E-state index contributed by atoms with van der Waals surface area (Å²) >= 11 is 1.54. The van der Waals surface area contributed by atoms with Gasteiger partial charge < -0.3 is 9.47 Å². The SMILES string of the molecule is CCCOc1ccc([C@H]2C(C(=O)OC(C)C)=C(C)N=C3SCCC(=O)N32)cc1. The molecule has 150 valence electrons. The first-order valence-electron chi connectivity index (χ1n) is 9.60. The van der Waals surface area contributed by atoms with Gasteiger partial charge in [0.2, 0.25) is 5.91 Å². The van der Waals surface area contributed by atoms with E-state index in [1.165, 1.54) is 11.8 Å². The van der Waals surface area contributed by atoms with E-state index in [0.29, 0.717) is 35.2 Å². The average molecular weight is 403 g/mol. The van der Waals surface area contributed by atoms with E-state index < -0.39 is 12.0 Å². The van der Waals surface area contributed by atoms with Crippen molar-refractivity contribution < 1.29 is 19.1 Å². The highest BCUT2D eigenvalue weighted by molar-refractivity contribution is 8.14. The molecule has 28 heavy (non-hydrogen) atoms. The van der Waals surface area contributed by atoms with Gasteiger partial charge >= 0.3 is 5.97 Å². The van der Waals surface area contributed by atoms with E-state index in [1.54, 1.807) is 11.8 Å². The van der Waals surface area contributed by atoms with Crippen molar-refractivity contribution in [3.8, 4) is 5.75 Å². The highest BCUT2D eigenvalue weighted by atomic mass is 32.2. The second-order valence-corrected chi connectivity index (χ2v) is 8.09. The number of nitrogens with zero attached hydrogens (tertiary/aromatic N) is 2. The molecule has 0 unspecified atom stereocenters. The molecule has 2 aliphatic rings. The molecule has 1 atom stereocenters. The van der Waals surface area contributed by atoms with Crippen LogP contribution in [-0.4, -0.2) is 40.4 Å². The Labute approximate surface area is 170 Å². The lowest BCUT2D eigenvalue weighted by atomic mass is 9.94. The smallest absolute Gasteiger partial charge is 0.338 e. The fraction of sp³-hybridized carbons (Fsp3) is 0.476. The lowest BCUT2D eigenvalue weighted by molar-refractivity contribution is -0.143. The number of fused-ring (bicyclic) bond motifs is 1. The number of carbonyl (C=O) groups is 2. The number of esters is 1. The van der Waals surface area contributed by atoms with E-state index in [0.717, 1.165) is 17.7 Å². The van der Waals surface area contributed by atoms with Gasteiger partial charge in [0.05, 0.1) is 30.0 Å². The van der Waals surface area contributed by atoms with Crippen molar-refractivity contribution in [1.29, 1.82) is 0 Å². The number of ether oxygens (including phenoxy) is 2. The first-order valence-corrected chi connectivity index (χ1v) is 10.6. The number of aliphatic imine (C=N–C) groups is 1. The number of benzene rings is 1. The van der Waals surface area contributed by atoms with Crippen molar-refractivity contribution in [3.63, 3.8) is 0 Å². The monoisotopic (exact) mass is 402 g/mol.